The fourth-order valence-electron chi connectivity index (χ4n) is 3.64. The number of anilines is 1. The Morgan fingerprint density at radius 1 is 1.03 bits per heavy atom. The van der Waals surface area contributed by atoms with E-state index < -0.39 is 11.8 Å². The topological polar surface area (TPSA) is 110 Å². The van der Waals surface area contributed by atoms with Crippen molar-refractivity contribution in [3.8, 4) is 11.5 Å². The lowest BCUT2D eigenvalue weighted by Crippen LogP contribution is -2.43. The van der Waals surface area contributed by atoms with Crippen LogP contribution in [0.4, 0.5) is 5.69 Å². The summed E-state index contributed by atoms with van der Waals surface area (Å²) >= 11 is 0. The second-order valence-corrected chi connectivity index (χ2v) is 7.50. The van der Waals surface area contributed by atoms with Crippen molar-refractivity contribution in [3.05, 3.63) is 48.3 Å². The summed E-state index contributed by atoms with van der Waals surface area (Å²) in [5, 5.41) is 5.26. The van der Waals surface area contributed by atoms with Gasteiger partial charge in [-0.05, 0) is 43.0 Å². The number of nitrogens with one attached hydrogen (secondary N) is 2. The van der Waals surface area contributed by atoms with Gasteiger partial charge in [-0.15, -0.1) is 0 Å². The van der Waals surface area contributed by atoms with Gasteiger partial charge in [-0.25, -0.2) is 0 Å². The third-order valence-electron chi connectivity index (χ3n) is 5.37. The van der Waals surface area contributed by atoms with E-state index >= 15 is 0 Å². The number of piperidine rings is 1. The van der Waals surface area contributed by atoms with Gasteiger partial charge < -0.3 is 25.0 Å². The van der Waals surface area contributed by atoms with Crippen LogP contribution in [0.2, 0.25) is 0 Å². The van der Waals surface area contributed by atoms with Gasteiger partial charge in [0.2, 0.25) is 0 Å². The number of carbonyl (C=O) groups excluding carboxylic acids is 3. The first-order valence-electron chi connectivity index (χ1n) is 10.3. The number of fused-ring (bicyclic) bond motifs is 1. The molecule has 2 aromatic rings. The Morgan fingerprint density at radius 3 is 2.55 bits per heavy atom. The number of hydrogen-bond donors (Lipinski definition) is 2. The fourth-order valence-corrected chi connectivity index (χ4v) is 3.64. The van der Waals surface area contributed by atoms with E-state index in [4.69, 9.17) is 9.47 Å². The number of nitrogens with zero attached hydrogens (tertiary/aromatic N) is 2. The quantitative estimate of drug-likeness (QED) is 0.719. The van der Waals surface area contributed by atoms with Crippen LogP contribution in [0.1, 0.15) is 23.2 Å². The normalized spacial score (nSPS) is 15.8. The molecule has 0 spiro atoms. The Hall–Kier alpha value is -3.62. The lowest BCUT2D eigenvalue weighted by Gasteiger charge is -2.32. The molecule has 2 aliphatic heterocycles. The summed E-state index contributed by atoms with van der Waals surface area (Å²) in [4.78, 5) is 42.6. The highest BCUT2D eigenvalue weighted by Gasteiger charge is 2.25. The zero-order chi connectivity index (χ0) is 21.6. The minimum absolute atomic E-state index is 0.0330. The average molecular weight is 424 g/mol. The highest BCUT2D eigenvalue weighted by molar-refractivity contribution is 6.39. The molecule has 31 heavy (non-hydrogen) atoms. The molecule has 3 amide bonds. The lowest BCUT2D eigenvalue weighted by molar-refractivity contribution is -0.136. The summed E-state index contributed by atoms with van der Waals surface area (Å²) in [5.74, 6) is -0.0953. The SMILES string of the molecule is O=C(NCC1CCN(C(=O)c2cccnc2)CC1)C(=O)Nc1ccc2c(c1)OCCO2. The number of hydrogen-bond acceptors (Lipinski definition) is 6. The van der Waals surface area contributed by atoms with E-state index in [1.165, 1.54) is 0 Å². The van der Waals surface area contributed by atoms with E-state index in [0.717, 1.165) is 12.8 Å². The molecular weight excluding hydrogens is 400 g/mol. The fraction of sp³-hybridized carbons (Fsp3) is 0.364. The number of carbonyl (C=O) groups is 3. The van der Waals surface area contributed by atoms with Crippen LogP contribution in [-0.2, 0) is 9.59 Å². The largest absolute Gasteiger partial charge is 0.486 e. The van der Waals surface area contributed by atoms with Crippen LogP contribution in [0.15, 0.2) is 42.7 Å². The molecule has 0 bridgehead atoms. The predicted molar refractivity (Wildman–Crippen MR) is 112 cm³/mol. The number of benzene rings is 1. The van der Waals surface area contributed by atoms with Crippen LogP contribution < -0.4 is 20.1 Å². The standard InChI is InChI=1S/C22H24N4O5/c27-20(21(28)25-17-3-4-18-19(12-17)31-11-10-30-18)24-13-15-5-8-26(9-6-15)22(29)16-2-1-7-23-14-16/h1-4,7,12,14-15H,5-6,8-11,13H2,(H,24,27)(H,25,28). The van der Waals surface area contributed by atoms with Crippen molar-refractivity contribution in [1.29, 1.82) is 0 Å². The van der Waals surface area contributed by atoms with E-state index in [9.17, 15) is 14.4 Å². The van der Waals surface area contributed by atoms with Gasteiger partial charge in [-0.1, -0.05) is 0 Å². The van der Waals surface area contributed by atoms with Gasteiger partial charge in [0.05, 0.1) is 5.56 Å². The van der Waals surface area contributed by atoms with Crippen molar-refractivity contribution in [1.82, 2.24) is 15.2 Å². The number of pyridine rings is 1. The summed E-state index contributed by atoms with van der Waals surface area (Å²) in [6.07, 6.45) is 4.72. The van der Waals surface area contributed by atoms with E-state index in [1.807, 2.05) is 0 Å². The number of ether oxygens (including phenoxy) is 2. The van der Waals surface area contributed by atoms with Crippen molar-refractivity contribution in [2.75, 3.05) is 38.2 Å². The van der Waals surface area contributed by atoms with Crippen molar-refractivity contribution in [2.45, 2.75) is 12.8 Å². The Balaban J connectivity index is 1.21. The highest BCUT2D eigenvalue weighted by atomic mass is 16.6. The minimum atomic E-state index is -0.735. The van der Waals surface area contributed by atoms with Crippen LogP contribution >= 0.6 is 0 Å². The van der Waals surface area contributed by atoms with Gasteiger partial charge in [-0.2, -0.15) is 0 Å². The summed E-state index contributed by atoms with van der Waals surface area (Å²) in [6.45, 7) is 2.53. The molecule has 9 nitrogen and oxygen atoms in total. The van der Waals surface area contributed by atoms with Crippen LogP contribution in [0.3, 0.4) is 0 Å². The number of amides is 3. The third-order valence-corrected chi connectivity index (χ3v) is 5.37. The molecule has 1 aromatic heterocycles. The summed E-state index contributed by atoms with van der Waals surface area (Å²) < 4.78 is 10.9. The average Bonchev–Trinajstić information content (AvgIpc) is 2.83. The van der Waals surface area contributed by atoms with Crippen LogP contribution in [0, 0.1) is 5.92 Å². The zero-order valence-corrected chi connectivity index (χ0v) is 17.0. The molecular formula is C22H24N4O5. The van der Waals surface area contributed by atoms with E-state index in [-0.39, 0.29) is 11.8 Å². The van der Waals surface area contributed by atoms with Gasteiger partial charge in [0.15, 0.2) is 11.5 Å². The predicted octanol–water partition coefficient (Wildman–Crippen LogP) is 1.46. The molecule has 2 N–H and O–H groups in total. The molecule has 0 aliphatic carbocycles. The van der Waals surface area contributed by atoms with E-state index in [0.29, 0.717) is 55.6 Å². The second kappa shape index (κ2) is 9.46. The highest BCUT2D eigenvalue weighted by Crippen LogP contribution is 2.32. The van der Waals surface area contributed by atoms with Gasteiger partial charge >= 0.3 is 11.8 Å². The monoisotopic (exact) mass is 424 g/mol. The number of rotatable bonds is 4. The maximum atomic E-state index is 12.5. The smallest absolute Gasteiger partial charge is 0.313 e. The first-order valence-corrected chi connectivity index (χ1v) is 10.3. The Kier molecular flexibility index (Phi) is 6.30. The van der Waals surface area contributed by atoms with Crippen molar-refractivity contribution >= 4 is 23.4 Å². The molecule has 0 saturated carbocycles. The zero-order valence-electron chi connectivity index (χ0n) is 17.0. The summed E-state index contributed by atoms with van der Waals surface area (Å²) in [6, 6.07) is 8.48. The molecule has 0 atom stereocenters. The Bertz CT molecular complexity index is 958. The van der Waals surface area contributed by atoms with Gasteiger partial charge in [0.1, 0.15) is 13.2 Å². The molecule has 9 heteroatoms. The van der Waals surface area contributed by atoms with Crippen LogP contribution in [0.25, 0.3) is 0 Å². The van der Waals surface area contributed by atoms with E-state index in [2.05, 4.69) is 15.6 Å². The maximum absolute atomic E-state index is 12.5. The third kappa shape index (κ3) is 5.11. The Morgan fingerprint density at radius 2 is 1.81 bits per heavy atom. The lowest BCUT2D eigenvalue weighted by atomic mass is 9.96. The molecule has 162 valence electrons. The first kappa shape index (κ1) is 20.6. The van der Waals surface area contributed by atoms with Gasteiger partial charge in [-0.3, -0.25) is 19.4 Å². The van der Waals surface area contributed by atoms with Crippen molar-refractivity contribution in [3.63, 3.8) is 0 Å². The number of aromatic nitrogens is 1. The first-order chi connectivity index (χ1) is 15.1. The molecule has 3 heterocycles. The Labute approximate surface area is 179 Å². The maximum Gasteiger partial charge on any atom is 0.313 e. The molecule has 0 unspecified atom stereocenters. The molecule has 1 fully saturated rings. The molecule has 2 aliphatic rings. The summed E-state index contributed by atoms with van der Waals surface area (Å²) in [5.41, 5.74) is 1.04. The molecule has 1 saturated heterocycles. The van der Waals surface area contributed by atoms with Crippen molar-refractivity contribution < 1.29 is 23.9 Å². The van der Waals surface area contributed by atoms with E-state index in [1.54, 1.807) is 47.6 Å². The summed E-state index contributed by atoms with van der Waals surface area (Å²) in [7, 11) is 0. The van der Waals surface area contributed by atoms with Crippen LogP contribution in [0.5, 0.6) is 11.5 Å². The van der Waals surface area contributed by atoms with Gasteiger partial charge in [0, 0.05) is 43.8 Å². The molecule has 4 rings (SSSR count). The number of likely N-dealkylation sites (tertiary alicyclic amines) is 1. The second-order valence-electron chi connectivity index (χ2n) is 7.50. The minimum Gasteiger partial charge on any atom is -0.486 e. The molecule has 0 radical (unpaired) electrons. The van der Waals surface area contributed by atoms with Gasteiger partial charge in [0.25, 0.3) is 5.91 Å². The van der Waals surface area contributed by atoms with Crippen molar-refractivity contribution in [2.24, 2.45) is 5.92 Å². The molecule has 1 aromatic carbocycles. The van der Waals surface area contributed by atoms with Crippen LogP contribution in [-0.4, -0.2) is 60.5 Å².